The molecule has 1 aromatic carbocycles. The molecule has 28 heavy (non-hydrogen) atoms. The highest BCUT2D eigenvalue weighted by atomic mass is 16.5. The average molecular weight is 389 g/mol. The lowest BCUT2D eigenvalue weighted by molar-refractivity contribution is -0.145. The smallest absolute Gasteiger partial charge is 0.307 e. The summed E-state index contributed by atoms with van der Waals surface area (Å²) in [6, 6.07) is 8.27. The number of carbonyl (C=O) groups excluding carboxylic acids is 2. The fraction of sp³-hybridized carbons (Fsp3) is 0.636. The summed E-state index contributed by atoms with van der Waals surface area (Å²) in [6.45, 7) is 7.88. The van der Waals surface area contributed by atoms with Crippen molar-refractivity contribution in [1.29, 1.82) is 0 Å². The predicted molar refractivity (Wildman–Crippen MR) is 107 cm³/mol. The SMILES string of the molecule is CCOC(=O)CCN(CC1CCCN1CC)C(=O)C1COc2ccccc2C1. The second kappa shape index (κ2) is 9.92. The van der Waals surface area contributed by atoms with Crippen LogP contribution in [0.25, 0.3) is 0 Å². The van der Waals surface area contributed by atoms with Crippen molar-refractivity contribution in [2.45, 2.75) is 45.6 Å². The van der Waals surface area contributed by atoms with Gasteiger partial charge in [-0.25, -0.2) is 0 Å². The fourth-order valence-electron chi connectivity index (χ4n) is 4.27. The monoisotopic (exact) mass is 388 g/mol. The third-order valence-corrected chi connectivity index (χ3v) is 5.77. The number of esters is 1. The van der Waals surface area contributed by atoms with Crippen LogP contribution >= 0.6 is 0 Å². The van der Waals surface area contributed by atoms with Gasteiger partial charge in [0.05, 0.1) is 18.9 Å². The van der Waals surface area contributed by atoms with Crippen LogP contribution in [0, 0.1) is 5.92 Å². The van der Waals surface area contributed by atoms with Crippen LogP contribution in [0.2, 0.25) is 0 Å². The zero-order valence-electron chi connectivity index (χ0n) is 17.1. The second-order valence-electron chi connectivity index (χ2n) is 7.58. The van der Waals surface area contributed by atoms with Crippen molar-refractivity contribution in [3.8, 4) is 5.75 Å². The molecule has 2 atom stereocenters. The molecule has 2 unspecified atom stereocenters. The highest BCUT2D eigenvalue weighted by Gasteiger charge is 2.33. The highest BCUT2D eigenvalue weighted by Crippen LogP contribution is 2.28. The second-order valence-corrected chi connectivity index (χ2v) is 7.58. The van der Waals surface area contributed by atoms with E-state index >= 15 is 0 Å². The predicted octanol–water partition coefficient (Wildman–Crippen LogP) is 2.50. The Morgan fingerprint density at radius 1 is 1.29 bits per heavy atom. The van der Waals surface area contributed by atoms with E-state index in [1.54, 1.807) is 6.92 Å². The lowest BCUT2D eigenvalue weighted by atomic mass is 9.95. The van der Waals surface area contributed by atoms with Gasteiger partial charge in [-0.05, 0) is 50.9 Å². The first-order chi connectivity index (χ1) is 13.6. The van der Waals surface area contributed by atoms with E-state index in [-0.39, 0.29) is 24.2 Å². The molecule has 1 fully saturated rings. The van der Waals surface area contributed by atoms with Crippen LogP contribution in [0.4, 0.5) is 0 Å². The summed E-state index contributed by atoms with van der Waals surface area (Å²) in [5.41, 5.74) is 1.08. The van der Waals surface area contributed by atoms with Crippen LogP contribution in [0.5, 0.6) is 5.75 Å². The molecule has 0 aromatic heterocycles. The number of fused-ring (bicyclic) bond motifs is 1. The molecule has 6 heteroatoms. The molecule has 3 rings (SSSR count). The van der Waals surface area contributed by atoms with Gasteiger partial charge in [0, 0.05) is 19.1 Å². The van der Waals surface area contributed by atoms with Gasteiger partial charge in [-0.3, -0.25) is 14.5 Å². The number of likely N-dealkylation sites (N-methyl/N-ethyl adjacent to an activating group) is 1. The average Bonchev–Trinajstić information content (AvgIpc) is 3.17. The van der Waals surface area contributed by atoms with Gasteiger partial charge < -0.3 is 14.4 Å². The van der Waals surface area contributed by atoms with Crippen LogP contribution in [-0.2, 0) is 20.7 Å². The number of nitrogens with zero attached hydrogens (tertiary/aromatic N) is 2. The largest absolute Gasteiger partial charge is 0.492 e. The Hall–Kier alpha value is -2.08. The zero-order chi connectivity index (χ0) is 19.9. The highest BCUT2D eigenvalue weighted by molar-refractivity contribution is 5.80. The fourth-order valence-corrected chi connectivity index (χ4v) is 4.27. The van der Waals surface area contributed by atoms with E-state index in [2.05, 4.69) is 11.8 Å². The minimum atomic E-state index is -0.246. The number of likely N-dealkylation sites (tertiary alicyclic amines) is 1. The van der Waals surface area contributed by atoms with E-state index in [0.29, 0.717) is 38.8 Å². The molecule has 6 nitrogen and oxygen atoms in total. The molecular formula is C22H32N2O4. The molecule has 0 aliphatic carbocycles. The van der Waals surface area contributed by atoms with Gasteiger partial charge in [-0.15, -0.1) is 0 Å². The van der Waals surface area contributed by atoms with Crippen LogP contribution in [0.3, 0.4) is 0 Å². The third-order valence-electron chi connectivity index (χ3n) is 5.77. The molecule has 0 N–H and O–H groups in total. The van der Waals surface area contributed by atoms with E-state index in [1.165, 1.54) is 6.42 Å². The van der Waals surface area contributed by atoms with Gasteiger partial charge in [0.2, 0.25) is 5.91 Å². The Morgan fingerprint density at radius 2 is 2.11 bits per heavy atom. The standard InChI is InChI=1S/C22H32N2O4/c1-3-23-12-7-9-19(23)15-24(13-11-21(25)27-4-2)22(26)18-14-17-8-5-6-10-20(17)28-16-18/h5-6,8,10,18-19H,3-4,7,9,11-16H2,1-2H3. The number of ether oxygens (including phenoxy) is 2. The van der Waals surface area contributed by atoms with Gasteiger partial charge in [0.15, 0.2) is 0 Å². The summed E-state index contributed by atoms with van der Waals surface area (Å²) in [5, 5.41) is 0. The molecular weight excluding hydrogens is 356 g/mol. The van der Waals surface area contributed by atoms with Crippen LogP contribution < -0.4 is 4.74 Å². The Balaban J connectivity index is 1.68. The van der Waals surface area contributed by atoms with Gasteiger partial charge >= 0.3 is 5.97 Å². The Morgan fingerprint density at radius 3 is 2.89 bits per heavy atom. The Bertz CT molecular complexity index is 678. The van der Waals surface area contributed by atoms with Crippen molar-refractivity contribution in [3.63, 3.8) is 0 Å². The summed E-state index contributed by atoms with van der Waals surface area (Å²) < 4.78 is 10.9. The maximum Gasteiger partial charge on any atom is 0.307 e. The van der Waals surface area contributed by atoms with Gasteiger partial charge in [0.25, 0.3) is 0 Å². The van der Waals surface area contributed by atoms with Gasteiger partial charge in [-0.2, -0.15) is 0 Å². The van der Waals surface area contributed by atoms with Crippen molar-refractivity contribution in [1.82, 2.24) is 9.80 Å². The Labute approximate surface area is 167 Å². The van der Waals surface area contributed by atoms with Crippen molar-refractivity contribution in [2.75, 3.05) is 39.4 Å². The van der Waals surface area contributed by atoms with Gasteiger partial charge in [0.1, 0.15) is 12.4 Å². The normalized spacial score (nSPS) is 21.6. The third kappa shape index (κ3) is 5.04. The molecule has 2 aliphatic rings. The lowest BCUT2D eigenvalue weighted by Gasteiger charge is -2.34. The number of carbonyl (C=O) groups is 2. The van der Waals surface area contributed by atoms with Crippen molar-refractivity contribution in [2.24, 2.45) is 5.92 Å². The summed E-state index contributed by atoms with van der Waals surface area (Å²) in [4.78, 5) is 29.5. The first-order valence-corrected chi connectivity index (χ1v) is 10.5. The first kappa shape index (κ1) is 20.6. The number of amides is 1. The summed E-state index contributed by atoms with van der Waals surface area (Å²) in [6.07, 6.45) is 3.19. The molecule has 1 aromatic rings. The topological polar surface area (TPSA) is 59.1 Å². The van der Waals surface area contributed by atoms with Crippen molar-refractivity contribution >= 4 is 11.9 Å². The number of para-hydroxylation sites is 1. The van der Waals surface area contributed by atoms with Crippen LogP contribution in [-0.4, -0.2) is 67.1 Å². The molecule has 1 amide bonds. The van der Waals surface area contributed by atoms with E-state index in [0.717, 1.165) is 30.8 Å². The number of rotatable bonds is 8. The summed E-state index contributed by atoms with van der Waals surface area (Å²) in [7, 11) is 0. The minimum Gasteiger partial charge on any atom is -0.492 e. The molecule has 0 saturated carbocycles. The zero-order valence-corrected chi connectivity index (χ0v) is 17.1. The van der Waals surface area contributed by atoms with Crippen molar-refractivity contribution in [3.05, 3.63) is 29.8 Å². The lowest BCUT2D eigenvalue weighted by Crippen LogP contribution is -2.47. The minimum absolute atomic E-state index is 0.0850. The quantitative estimate of drug-likeness (QED) is 0.641. The van der Waals surface area contributed by atoms with E-state index in [1.807, 2.05) is 29.2 Å². The molecule has 2 heterocycles. The maximum absolute atomic E-state index is 13.3. The molecule has 0 bridgehead atoms. The number of hydrogen-bond donors (Lipinski definition) is 0. The van der Waals surface area contributed by atoms with Crippen molar-refractivity contribution < 1.29 is 19.1 Å². The van der Waals surface area contributed by atoms with Gasteiger partial charge in [-0.1, -0.05) is 25.1 Å². The van der Waals surface area contributed by atoms with Crippen LogP contribution in [0.1, 0.15) is 38.7 Å². The molecule has 0 radical (unpaired) electrons. The first-order valence-electron chi connectivity index (χ1n) is 10.5. The Kier molecular flexibility index (Phi) is 7.31. The maximum atomic E-state index is 13.3. The summed E-state index contributed by atoms with van der Waals surface area (Å²) in [5.74, 6) is 0.511. The number of hydrogen-bond acceptors (Lipinski definition) is 5. The van der Waals surface area contributed by atoms with E-state index in [9.17, 15) is 9.59 Å². The number of benzene rings is 1. The molecule has 0 spiro atoms. The van der Waals surface area contributed by atoms with Crippen LogP contribution in [0.15, 0.2) is 24.3 Å². The summed E-state index contributed by atoms with van der Waals surface area (Å²) >= 11 is 0. The molecule has 2 aliphatic heterocycles. The van der Waals surface area contributed by atoms with E-state index in [4.69, 9.17) is 9.47 Å². The molecule has 1 saturated heterocycles. The van der Waals surface area contributed by atoms with E-state index < -0.39 is 0 Å². The molecule has 154 valence electrons.